The van der Waals surface area contributed by atoms with E-state index in [0.717, 1.165) is 22.8 Å². The number of ether oxygens (including phenoxy) is 2. The number of rotatable bonds is 7. The molecule has 2 nitrogen and oxygen atoms in total. The third kappa shape index (κ3) is 4.76. The molecule has 0 radical (unpaired) electrons. The molecule has 0 aliphatic carbocycles. The lowest BCUT2D eigenvalue weighted by Crippen LogP contribution is -2.06. The first kappa shape index (κ1) is 15.9. The lowest BCUT2D eigenvalue weighted by molar-refractivity contribution is 0.0739. The van der Waals surface area contributed by atoms with E-state index in [0.29, 0.717) is 13.2 Å². The number of para-hydroxylation sites is 1. The van der Waals surface area contributed by atoms with Gasteiger partial charge in [-0.3, -0.25) is 0 Å². The quantitative estimate of drug-likeness (QED) is 0.712. The van der Waals surface area contributed by atoms with Gasteiger partial charge in [-0.15, -0.1) is 0 Å². The van der Waals surface area contributed by atoms with Crippen LogP contribution in [0.3, 0.4) is 0 Å². The van der Waals surface area contributed by atoms with E-state index < -0.39 is 0 Å². The Morgan fingerprint density at radius 2 is 1.76 bits per heavy atom. The highest BCUT2D eigenvalue weighted by Gasteiger charge is 2.11. The minimum Gasteiger partial charge on any atom is -0.493 e. The van der Waals surface area contributed by atoms with E-state index in [2.05, 4.69) is 6.07 Å². The average Bonchev–Trinajstić information content (AvgIpc) is 2.50. The van der Waals surface area contributed by atoms with Crippen LogP contribution in [0.25, 0.3) is 0 Å². The fourth-order valence-corrected chi connectivity index (χ4v) is 2.34. The van der Waals surface area contributed by atoms with Crippen molar-refractivity contribution in [3.8, 4) is 5.75 Å². The second-order valence-corrected chi connectivity index (χ2v) is 5.30. The van der Waals surface area contributed by atoms with Crippen LogP contribution in [0.4, 0.5) is 0 Å². The second-order valence-electron chi connectivity index (χ2n) is 4.86. The largest absolute Gasteiger partial charge is 0.493 e. The van der Waals surface area contributed by atoms with Crippen molar-refractivity contribution in [1.82, 2.24) is 0 Å². The van der Waals surface area contributed by atoms with Crippen molar-refractivity contribution in [3.05, 3.63) is 64.7 Å². The van der Waals surface area contributed by atoms with Crippen LogP contribution >= 0.6 is 11.6 Å². The first-order chi connectivity index (χ1) is 10.2. The molecule has 0 aromatic heterocycles. The second kappa shape index (κ2) is 8.06. The van der Waals surface area contributed by atoms with Gasteiger partial charge in [-0.25, -0.2) is 0 Å². The first-order valence-electron chi connectivity index (χ1n) is 7.28. The maximum absolute atomic E-state index is 5.93. The molecule has 2 aromatic rings. The van der Waals surface area contributed by atoms with E-state index in [1.165, 1.54) is 5.56 Å². The zero-order valence-corrected chi connectivity index (χ0v) is 13.3. The normalized spacial score (nSPS) is 12.1. The van der Waals surface area contributed by atoms with E-state index >= 15 is 0 Å². The zero-order valence-electron chi connectivity index (χ0n) is 12.5. The molecule has 0 fully saturated rings. The molecule has 112 valence electrons. The van der Waals surface area contributed by atoms with Crippen LogP contribution in [0.1, 0.15) is 31.1 Å². The molecule has 2 rings (SSSR count). The van der Waals surface area contributed by atoms with Gasteiger partial charge >= 0.3 is 0 Å². The third-order valence-corrected chi connectivity index (χ3v) is 3.59. The van der Waals surface area contributed by atoms with E-state index in [4.69, 9.17) is 21.1 Å². The summed E-state index contributed by atoms with van der Waals surface area (Å²) in [6.07, 6.45) is 0.899. The van der Waals surface area contributed by atoms with Gasteiger partial charge in [0, 0.05) is 23.6 Å². The molecule has 0 saturated carbocycles. The van der Waals surface area contributed by atoms with Crippen LogP contribution in [0.5, 0.6) is 5.75 Å². The minimum atomic E-state index is 0.0433. The van der Waals surface area contributed by atoms with Gasteiger partial charge in [0.1, 0.15) is 5.75 Å². The zero-order chi connectivity index (χ0) is 15.1. The number of halogens is 1. The van der Waals surface area contributed by atoms with Crippen molar-refractivity contribution in [2.24, 2.45) is 0 Å². The van der Waals surface area contributed by atoms with Crippen molar-refractivity contribution in [2.75, 3.05) is 13.2 Å². The Hall–Kier alpha value is -1.51. The number of hydrogen-bond acceptors (Lipinski definition) is 2. The maximum Gasteiger partial charge on any atom is 0.125 e. The van der Waals surface area contributed by atoms with Crippen LogP contribution < -0.4 is 4.74 Å². The summed E-state index contributed by atoms with van der Waals surface area (Å²) in [6, 6.07) is 15.9. The fourth-order valence-electron chi connectivity index (χ4n) is 2.22. The SMILES string of the molecule is CCOC(C)c1ccccc1OCCc1ccc(Cl)cc1. The van der Waals surface area contributed by atoms with Crippen molar-refractivity contribution < 1.29 is 9.47 Å². The molecule has 21 heavy (non-hydrogen) atoms. The molecule has 0 bridgehead atoms. The Morgan fingerprint density at radius 1 is 1.05 bits per heavy atom. The van der Waals surface area contributed by atoms with Gasteiger partial charge < -0.3 is 9.47 Å². The van der Waals surface area contributed by atoms with Gasteiger partial charge in [0.2, 0.25) is 0 Å². The van der Waals surface area contributed by atoms with Gasteiger partial charge in [-0.1, -0.05) is 41.9 Å². The summed E-state index contributed by atoms with van der Waals surface area (Å²) < 4.78 is 11.6. The standard InChI is InChI=1S/C18H21ClO2/c1-3-20-14(2)17-6-4-5-7-18(17)21-13-12-15-8-10-16(19)11-9-15/h4-11,14H,3,12-13H2,1-2H3. The number of benzene rings is 2. The lowest BCUT2D eigenvalue weighted by Gasteiger charge is -2.17. The van der Waals surface area contributed by atoms with Crippen LogP contribution in [-0.4, -0.2) is 13.2 Å². The molecule has 0 amide bonds. The summed E-state index contributed by atoms with van der Waals surface area (Å²) in [7, 11) is 0. The van der Waals surface area contributed by atoms with Crippen LogP contribution in [-0.2, 0) is 11.2 Å². The third-order valence-electron chi connectivity index (χ3n) is 3.34. The molecule has 1 atom stereocenters. The smallest absolute Gasteiger partial charge is 0.125 e. The Morgan fingerprint density at radius 3 is 2.48 bits per heavy atom. The highest BCUT2D eigenvalue weighted by Crippen LogP contribution is 2.27. The highest BCUT2D eigenvalue weighted by molar-refractivity contribution is 6.30. The highest BCUT2D eigenvalue weighted by atomic mass is 35.5. The van der Waals surface area contributed by atoms with Crippen molar-refractivity contribution in [2.45, 2.75) is 26.4 Å². The van der Waals surface area contributed by atoms with Gasteiger partial charge in [-0.2, -0.15) is 0 Å². The van der Waals surface area contributed by atoms with Crippen LogP contribution in [0.15, 0.2) is 48.5 Å². The van der Waals surface area contributed by atoms with Crippen LogP contribution in [0.2, 0.25) is 5.02 Å². The van der Waals surface area contributed by atoms with Crippen molar-refractivity contribution in [1.29, 1.82) is 0 Å². The Kier molecular flexibility index (Phi) is 6.09. The summed E-state index contributed by atoms with van der Waals surface area (Å²) in [5, 5.41) is 0.760. The van der Waals surface area contributed by atoms with E-state index in [-0.39, 0.29) is 6.10 Å². The molecule has 0 heterocycles. The van der Waals surface area contributed by atoms with Crippen molar-refractivity contribution >= 4 is 11.6 Å². The predicted octanol–water partition coefficient (Wildman–Crippen LogP) is 5.06. The van der Waals surface area contributed by atoms with Gasteiger partial charge in [-0.05, 0) is 37.6 Å². The molecular weight excluding hydrogens is 284 g/mol. The predicted molar refractivity (Wildman–Crippen MR) is 87.1 cm³/mol. The van der Waals surface area contributed by atoms with Gasteiger partial charge in [0.15, 0.2) is 0 Å². The summed E-state index contributed by atoms with van der Waals surface area (Å²) in [5.41, 5.74) is 2.31. The Bertz CT molecular complexity index is 551. The minimum absolute atomic E-state index is 0.0433. The maximum atomic E-state index is 5.93. The molecular formula is C18H21ClO2. The summed E-state index contributed by atoms with van der Waals surface area (Å²) >= 11 is 5.88. The molecule has 1 unspecified atom stereocenters. The fraction of sp³-hybridized carbons (Fsp3) is 0.333. The van der Waals surface area contributed by atoms with E-state index in [9.17, 15) is 0 Å². The van der Waals surface area contributed by atoms with Gasteiger partial charge in [0.25, 0.3) is 0 Å². The van der Waals surface area contributed by atoms with E-state index in [1.807, 2.05) is 56.3 Å². The molecule has 2 aromatic carbocycles. The van der Waals surface area contributed by atoms with Crippen LogP contribution in [0, 0.1) is 0 Å². The molecule has 3 heteroatoms. The summed E-state index contributed by atoms with van der Waals surface area (Å²) in [5.74, 6) is 0.896. The Labute approximate surface area is 131 Å². The summed E-state index contributed by atoms with van der Waals surface area (Å²) in [4.78, 5) is 0. The molecule has 0 saturated heterocycles. The number of hydrogen-bond donors (Lipinski definition) is 0. The average molecular weight is 305 g/mol. The van der Waals surface area contributed by atoms with Crippen molar-refractivity contribution in [3.63, 3.8) is 0 Å². The topological polar surface area (TPSA) is 18.5 Å². The Balaban J connectivity index is 1.95. The first-order valence-corrected chi connectivity index (χ1v) is 7.66. The summed E-state index contributed by atoms with van der Waals surface area (Å²) in [6.45, 7) is 5.38. The molecule has 0 aliphatic rings. The molecule has 0 N–H and O–H groups in total. The molecule has 0 spiro atoms. The lowest BCUT2D eigenvalue weighted by atomic mass is 10.1. The van der Waals surface area contributed by atoms with E-state index in [1.54, 1.807) is 0 Å². The monoisotopic (exact) mass is 304 g/mol. The molecule has 0 aliphatic heterocycles. The van der Waals surface area contributed by atoms with Gasteiger partial charge in [0.05, 0.1) is 12.7 Å².